The molecule has 0 N–H and O–H groups in total. The summed E-state index contributed by atoms with van der Waals surface area (Å²) >= 11 is 6.58. The van der Waals surface area contributed by atoms with Crippen LogP contribution >= 0.6 is 22.9 Å². The van der Waals surface area contributed by atoms with E-state index in [1.165, 1.54) is 17.4 Å². The first kappa shape index (κ1) is 7.70. The Labute approximate surface area is 75.8 Å². The Hall–Kier alpha value is -0.940. The molecule has 0 bridgehead atoms. The summed E-state index contributed by atoms with van der Waals surface area (Å²) in [5.41, 5.74) is 0. The normalized spacial score (nSPS) is 10.5. The van der Waals surface area contributed by atoms with Crippen LogP contribution in [0, 0.1) is 5.82 Å². The molecule has 2 rings (SSSR count). The SMILES string of the molecule is Fc1ccsc1-c1nc(Cl)no1. The molecular weight excluding hydrogens is 203 g/mol. The maximum absolute atomic E-state index is 12.9. The van der Waals surface area contributed by atoms with E-state index in [0.717, 1.165) is 0 Å². The van der Waals surface area contributed by atoms with Crippen molar-refractivity contribution in [2.45, 2.75) is 0 Å². The second-order valence-electron chi connectivity index (χ2n) is 1.97. The van der Waals surface area contributed by atoms with E-state index in [1.54, 1.807) is 5.38 Å². The minimum atomic E-state index is -0.375. The zero-order chi connectivity index (χ0) is 8.55. The molecular formula is C6H2ClFN2OS. The summed E-state index contributed by atoms with van der Waals surface area (Å²) in [5, 5.41) is 4.92. The van der Waals surface area contributed by atoms with Gasteiger partial charge in [-0.1, -0.05) is 0 Å². The first-order chi connectivity index (χ1) is 5.77. The zero-order valence-electron chi connectivity index (χ0n) is 5.62. The zero-order valence-corrected chi connectivity index (χ0v) is 7.19. The molecule has 0 aliphatic carbocycles. The van der Waals surface area contributed by atoms with E-state index >= 15 is 0 Å². The summed E-state index contributed by atoms with van der Waals surface area (Å²) in [4.78, 5) is 3.99. The van der Waals surface area contributed by atoms with Gasteiger partial charge >= 0.3 is 0 Å². The highest BCUT2D eigenvalue weighted by Crippen LogP contribution is 2.27. The Morgan fingerprint density at radius 3 is 2.92 bits per heavy atom. The maximum atomic E-state index is 12.9. The molecule has 2 heterocycles. The van der Waals surface area contributed by atoms with Crippen molar-refractivity contribution in [2.75, 3.05) is 0 Å². The predicted molar refractivity (Wildman–Crippen MR) is 42.6 cm³/mol. The molecule has 0 aromatic carbocycles. The minimum Gasteiger partial charge on any atom is -0.332 e. The van der Waals surface area contributed by atoms with E-state index in [4.69, 9.17) is 11.6 Å². The topological polar surface area (TPSA) is 38.9 Å². The van der Waals surface area contributed by atoms with Crippen molar-refractivity contribution in [3.63, 3.8) is 0 Å². The summed E-state index contributed by atoms with van der Waals surface area (Å²) in [7, 11) is 0. The van der Waals surface area contributed by atoms with Crippen LogP contribution in [-0.4, -0.2) is 10.1 Å². The molecule has 0 atom stereocenters. The van der Waals surface area contributed by atoms with E-state index in [0.29, 0.717) is 4.88 Å². The van der Waals surface area contributed by atoms with Gasteiger partial charge < -0.3 is 4.52 Å². The summed E-state index contributed by atoms with van der Waals surface area (Å²) in [6.07, 6.45) is 0. The van der Waals surface area contributed by atoms with Gasteiger partial charge in [-0.05, 0) is 28.2 Å². The van der Waals surface area contributed by atoms with Crippen LogP contribution in [0.3, 0.4) is 0 Å². The van der Waals surface area contributed by atoms with Gasteiger partial charge in [-0.15, -0.1) is 11.3 Å². The lowest BCUT2D eigenvalue weighted by atomic mass is 10.4. The van der Waals surface area contributed by atoms with Gasteiger partial charge in [0.2, 0.25) is 0 Å². The molecule has 6 heteroatoms. The molecule has 0 saturated carbocycles. The minimum absolute atomic E-state index is 0.0159. The quantitative estimate of drug-likeness (QED) is 0.717. The summed E-state index contributed by atoms with van der Waals surface area (Å²) in [5.74, 6) is -0.257. The van der Waals surface area contributed by atoms with E-state index < -0.39 is 0 Å². The Balaban J connectivity index is 2.50. The van der Waals surface area contributed by atoms with Crippen molar-refractivity contribution in [1.82, 2.24) is 10.1 Å². The van der Waals surface area contributed by atoms with E-state index in [-0.39, 0.29) is 17.0 Å². The molecule has 0 spiro atoms. The lowest BCUT2D eigenvalue weighted by Gasteiger charge is -1.84. The average Bonchev–Trinajstić information content (AvgIpc) is 2.58. The monoisotopic (exact) mass is 204 g/mol. The number of nitrogens with zero attached hydrogens (tertiary/aromatic N) is 2. The molecule has 0 aliphatic heterocycles. The van der Waals surface area contributed by atoms with Gasteiger partial charge in [0.25, 0.3) is 11.2 Å². The van der Waals surface area contributed by atoms with Crippen molar-refractivity contribution >= 4 is 22.9 Å². The Morgan fingerprint density at radius 2 is 2.42 bits per heavy atom. The van der Waals surface area contributed by atoms with Gasteiger partial charge in [-0.25, -0.2) is 4.39 Å². The van der Waals surface area contributed by atoms with Gasteiger partial charge in [0, 0.05) is 0 Å². The average molecular weight is 205 g/mol. The van der Waals surface area contributed by atoms with Gasteiger partial charge in [0.15, 0.2) is 0 Å². The summed E-state index contributed by atoms with van der Waals surface area (Å²) in [6, 6.07) is 1.33. The largest absolute Gasteiger partial charge is 0.332 e. The molecule has 3 nitrogen and oxygen atoms in total. The number of halogens is 2. The van der Waals surface area contributed by atoms with E-state index in [1.807, 2.05) is 0 Å². The number of aromatic nitrogens is 2. The van der Waals surface area contributed by atoms with Crippen molar-refractivity contribution < 1.29 is 8.91 Å². The van der Waals surface area contributed by atoms with Gasteiger partial charge in [-0.2, -0.15) is 4.98 Å². The molecule has 0 unspecified atom stereocenters. The first-order valence-corrected chi connectivity index (χ1v) is 4.25. The summed E-state index contributed by atoms with van der Waals surface area (Å²) in [6.45, 7) is 0. The lowest BCUT2D eigenvalue weighted by Crippen LogP contribution is -1.74. The Morgan fingerprint density at radius 1 is 1.58 bits per heavy atom. The molecule has 0 aliphatic rings. The van der Waals surface area contributed by atoms with Crippen LogP contribution < -0.4 is 0 Å². The molecule has 2 aromatic heterocycles. The third-order valence-electron chi connectivity index (χ3n) is 1.21. The van der Waals surface area contributed by atoms with Gasteiger partial charge in [0.1, 0.15) is 10.7 Å². The molecule has 62 valence electrons. The third kappa shape index (κ3) is 1.21. The van der Waals surface area contributed by atoms with Crippen LogP contribution in [0.2, 0.25) is 5.28 Å². The Kier molecular flexibility index (Phi) is 1.82. The van der Waals surface area contributed by atoms with Crippen molar-refractivity contribution in [1.29, 1.82) is 0 Å². The fourth-order valence-corrected chi connectivity index (χ4v) is 1.54. The van der Waals surface area contributed by atoms with Crippen LogP contribution in [0.4, 0.5) is 4.39 Å². The highest BCUT2D eigenvalue weighted by molar-refractivity contribution is 7.13. The van der Waals surface area contributed by atoms with Crippen LogP contribution in [0.5, 0.6) is 0 Å². The third-order valence-corrected chi connectivity index (χ3v) is 2.24. The molecule has 2 aromatic rings. The molecule has 0 radical (unpaired) electrons. The van der Waals surface area contributed by atoms with Crippen molar-refractivity contribution in [3.8, 4) is 10.8 Å². The van der Waals surface area contributed by atoms with Crippen LogP contribution in [0.25, 0.3) is 10.8 Å². The fourth-order valence-electron chi connectivity index (χ4n) is 0.744. The maximum Gasteiger partial charge on any atom is 0.272 e. The predicted octanol–water partition coefficient (Wildman–Crippen LogP) is 2.59. The number of thiophene rings is 1. The molecule has 0 amide bonds. The van der Waals surface area contributed by atoms with Crippen LogP contribution in [0.1, 0.15) is 0 Å². The van der Waals surface area contributed by atoms with E-state index in [2.05, 4.69) is 14.7 Å². The highest BCUT2D eigenvalue weighted by atomic mass is 35.5. The van der Waals surface area contributed by atoms with Crippen molar-refractivity contribution in [3.05, 3.63) is 22.5 Å². The second-order valence-corrected chi connectivity index (χ2v) is 3.22. The fraction of sp³-hybridized carbons (Fsp3) is 0. The number of rotatable bonds is 1. The van der Waals surface area contributed by atoms with Crippen LogP contribution in [-0.2, 0) is 0 Å². The number of hydrogen-bond donors (Lipinski definition) is 0. The van der Waals surface area contributed by atoms with Crippen LogP contribution in [0.15, 0.2) is 16.0 Å². The Bertz CT molecular complexity index is 400. The van der Waals surface area contributed by atoms with E-state index in [9.17, 15) is 4.39 Å². The number of hydrogen-bond acceptors (Lipinski definition) is 4. The smallest absolute Gasteiger partial charge is 0.272 e. The summed E-state index contributed by atoms with van der Waals surface area (Å²) < 4.78 is 17.6. The van der Waals surface area contributed by atoms with Gasteiger partial charge in [0.05, 0.1) is 0 Å². The first-order valence-electron chi connectivity index (χ1n) is 3.00. The van der Waals surface area contributed by atoms with Gasteiger partial charge in [-0.3, -0.25) is 0 Å². The molecule has 12 heavy (non-hydrogen) atoms. The molecule has 0 fully saturated rings. The van der Waals surface area contributed by atoms with Crippen molar-refractivity contribution in [2.24, 2.45) is 0 Å². The molecule has 0 saturated heterocycles. The standard InChI is InChI=1S/C6H2ClFN2OS/c7-6-9-5(11-10-6)4-3(8)1-2-12-4/h1-2H. The lowest BCUT2D eigenvalue weighted by molar-refractivity contribution is 0.429. The second kappa shape index (κ2) is 2.84. The highest BCUT2D eigenvalue weighted by Gasteiger charge is 2.13.